The Morgan fingerprint density at radius 1 is 1.29 bits per heavy atom. The number of hydrogen-bond donors (Lipinski definition) is 1. The number of rotatable bonds is 3. The summed E-state index contributed by atoms with van der Waals surface area (Å²) in [5, 5.41) is 12.5. The molecule has 0 saturated heterocycles. The topological polar surface area (TPSA) is 37.5 Å². The summed E-state index contributed by atoms with van der Waals surface area (Å²) >= 11 is 3.43. The van der Waals surface area contributed by atoms with E-state index in [2.05, 4.69) is 11.1 Å². The number of aliphatic hydroxyl groups is 1. The molecule has 0 bridgehead atoms. The fourth-order valence-corrected chi connectivity index (χ4v) is 4.99. The van der Waals surface area contributed by atoms with Crippen molar-refractivity contribution < 1.29 is 5.11 Å². The van der Waals surface area contributed by atoms with Crippen LogP contribution in [0.1, 0.15) is 46.4 Å². The molecule has 4 rings (SSSR count). The van der Waals surface area contributed by atoms with Crippen molar-refractivity contribution in [2.45, 2.75) is 44.6 Å². The van der Waals surface area contributed by atoms with Crippen LogP contribution in [0.3, 0.4) is 0 Å². The van der Waals surface area contributed by atoms with Crippen molar-refractivity contribution in [1.29, 1.82) is 0 Å². The molecule has 3 heterocycles. The number of aromatic nitrogens is 2. The number of imidazole rings is 1. The van der Waals surface area contributed by atoms with Crippen LogP contribution >= 0.6 is 22.7 Å². The van der Waals surface area contributed by atoms with Crippen LogP contribution in [0.25, 0.3) is 4.96 Å². The first-order chi connectivity index (χ1) is 10.3. The molecule has 0 spiro atoms. The van der Waals surface area contributed by atoms with Crippen LogP contribution in [-0.4, -0.2) is 14.5 Å². The molecule has 0 fully saturated rings. The van der Waals surface area contributed by atoms with E-state index in [-0.39, 0.29) is 0 Å². The molecule has 3 nitrogen and oxygen atoms in total. The van der Waals surface area contributed by atoms with E-state index in [1.54, 1.807) is 22.7 Å². The number of thiophene rings is 1. The van der Waals surface area contributed by atoms with E-state index in [0.29, 0.717) is 6.42 Å². The molecule has 0 saturated carbocycles. The minimum Gasteiger partial charge on any atom is -0.387 e. The molecule has 110 valence electrons. The standard InChI is InChI=1S/C16H18N2OS2/c19-13(9-12-10-18-6-7-20-16(18)17-12)15-8-11-4-2-1-3-5-14(11)21-15/h6-8,10,13,19H,1-5,9H2. The summed E-state index contributed by atoms with van der Waals surface area (Å²) in [7, 11) is 0. The number of hydrogen-bond acceptors (Lipinski definition) is 4. The third-order valence-corrected chi connectivity index (χ3v) is 6.25. The van der Waals surface area contributed by atoms with Gasteiger partial charge in [0, 0.05) is 33.9 Å². The molecule has 0 aromatic carbocycles. The van der Waals surface area contributed by atoms with Crippen molar-refractivity contribution in [3.63, 3.8) is 0 Å². The molecule has 1 atom stereocenters. The molecule has 0 radical (unpaired) electrons. The van der Waals surface area contributed by atoms with Crippen molar-refractivity contribution >= 4 is 27.6 Å². The van der Waals surface area contributed by atoms with Crippen LogP contribution in [0, 0.1) is 0 Å². The van der Waals surface area contributed by atoms with E-state index in [1.807, 2.05) is 22.2 Å². The zero-order valence-corrected chi connectivity index (χ0v) is 13.4. The summed E-state index contributed by atoms with van der Waals surface area (Å²) in [5.41, 5.74) is 2.44. The van der Waals surface area contributed by atoms with Gasteiger partial charge >= 0.3 is 0 Å². The number of aryl methyl sites for hydroxylation is 2. The first kappa shape index (κ1) is 13.5. The minimum absolute atomic E-state index is 0.425. The van der Waals surface area contributed by atoms with Crippen molar-refractivity contribution in [2.24, 2.45) is 0 Å². The Labute approximate surface area is 131 Å². The largest absolute Gasteiger partial charge is 0.387 e. The molecular weight excluding hydrogens is 300 g/mol. The van der Waals surface area contributed by atoms with Gasteiger partial charge in [-0.2, -0.15) is 0 Å². The highest BCUT2D eigenvalue weighted by Gasteiger charge is 2.18. The Balaban J connectivity index is 1.54. The lowest BCUT2D eigenvalue weighted by atomic mass is 10.1. The predicted octanol–water partition coefficient (Wildman–Crippen LogP) is 4.00. The van der Waals surface area contributed by atoms with Gasteiger partial charge in [-0.05, 0) is 37.3 Å². The van der Waals surface area contributed by atoms with Gasteiger partial charge < -0.3 is 5.11 Å². The maximum absolute atomic E-state index is 10.5. The summed E-state index contributed by atoms with van der Waals surface area (Å²) in [6, 6.07) is 2.23. The normalized spacial score (nSPS) is 16.8. The molecule has 3 aromatic rings. The smallest absolute Gasteiger partial charge is 0.193 e. The van der Waals surface area contributed by atoms with Crippen LogP contribution < -0.4 is 0 Å². The molecule has 0 amide bonds. The van der Waals surface area contributed by atoms with E-state index < -0.39 is 6.10 Å². The summed E-state index contributed by atoms with van der Waals surface area (Å²) in [6.45, 7) is 0. The van der Waals surface area contributed by atoms with Gasteiger partial charge in [-0.3, -0.25) is 4.40 Å². The number of fused-ring (bicyclic) bond motifs is 2. The van der Waals surface area contributed by atoms with E-state index in [1.165, 1.54) is 42.5 Å². The Hall–Kier alpha value is -1.17. The second-order valence-electron chi connectivity index (χ2n) is 5.70. The third kappa shape index (κ3) is 2.65. The van der Waals surface area contributed by atoms with E-state index in [4.69, 9.17) is 0 Å². The summed E-state index contributed by atoms with van der Waals surface area (Å²) in [4.78, 5) is 8.16. The lowest BCUT2D eigenvalue weighted by Gasteiger charge is -2.05. The number of aliphatic hydroxyl groups excluding tert-OH is 1. The zero-order valence-electron chi connectivity index (χ0n) is 11.8. The average Bonchev–Trinajstić information content (AvgIpc) is 3.10. The fourth-order valence-electron chi connectivity index (χ4n) is 3.03. The van der Waals surface area contributed by atoms with Crippen LogP contribution in [0.4, 0.5) is 0 Å². The second kappa shape index (κ2) is 5.55. The monoisotopic (exact) mass is 318 g/mol. The maximum Gasteiger partial charge on any atom is 0.193 e. The maximum atomic E-state index is 10.5. The summed E-state index contributed by atoms with van der Waals surface area (Å²) < 4.78 is 2.02. The van der Waals surface area contributed by atoms with Gasteiger partial charge in [0.2, 0.25) is 0 Å². The van der Waals surface area contributed by atoms with E-state index >= 15 is 0 Å². The Bertz CT molecular complexity index is 703. The van der Waals surface area contributed by atoms with Gasteiger partial charge in [0.25, 0.3) is 0 Å². The van der Waals surface area contributed by atoms with E-state index in [0.717, 1.165) is 15.5 Å². The molecule has 5 heteroatoms. The van der Waals surface area contributed by atoms with Gasteiger partial charge in [0.1, 0.15) is 0 Å². The SMILES string of the molecule is OC(Cc1cn2ccsc2n1)c1cc2c(s1)CCCCC2. The Morgan fingerprint density at radius 2 is 2.19 bits per heavy atom. The van der Waals surface area contributed by atoms with Crippen LogP contribution in [0.5, 0.6) is 0 Å². The first-order valence-corrected chi connectivity index (χ1v) is 9.20. The predicted molar refractivity (Wildman–Crippen MR) is 87.3 cm³/mol. The van der Waals surface area contributed by atoms with Crippen molar-refractivity contribution in [3.8, 4) is 0 Å². The fraction of sp³-hybridized carbons (Fsp3) is 0.438. The number of thiazole rings is 1. The summed E-state index contributed by atoms with van der Waals surface area (Å²) in [6.07, 6.45) is 10.5. The molecule has 21 heavy (non-hydrogen) atoms. The molecule has 3 aromatic heterocycles. The second-order valence-corrected chi connectivity index (χ2v) is 7.74. The highest BCUT2D eigenvalue weighted by molar-refractivity contribution is 7.15. The highest BCUT2D eigenvalue weighted by Crippen LogP contribution is 2.33. The Kier molecular flexibility index (Phi) is 3.57. The van der Waals surface area contributed by atoms with Gasteiger partial charge in [0.05, 0.1) is 11.8 Å². The van der Waals surface area contributed by atoms with Crippen molar-refractivity contribution in [3.05, 3.63) is 44.9 Å². The van der Waals surface area contributed by atoms with Crippen LogP contribution in [-0.2, 0) is 19.3 Å². The number of nitrogens with zero attached hydrogens (tertiary/aromatic N) is 2. The highest BCUT2D eigenvalue weighted by atomic mass is 32.1. The van der Waals surface area contributed by atoms with Gasteiger partial charge in [-0.1, -0.05) is 6.42 Å². The van der Waals surface area contributed by atoms with Crippen molar-refractivity contribution in [1.82, 2.24) is 9.38 Å². The molecule has 1 N–H and O–H groups in total. The minimum atomic E-state index is -0.425. The lowest BCUT2D eigenvalue weighted by molar-refractivity contribution is 0.181. The van der Waals surface area contributed by atoms with E-state index in [9.17, 15) is 5.11 Å². The van der Waals surface area contributed by atoms with Gasteiger partial charge in [-0.25, -0.2) is 4.98 Å². The molecular formula is C16H18N2OS2. The van der Waals surface area contributed by atoms with Gasteiger partial charge in [0.15, 0.2) is 4.96 Å². The Morgan fingerprint density at radius 3 is 3.10 bits per heavy atom. The molecule has 1 aliphatic rings. The van der Waals surface area contributed by atoms with Crippen LogP contribution in [0.15, 0.2) is 23.8 Å². The third-order valence-electron chi connectivity index (χ3n) is 4.14. The average molecular weight is 318 g/mol. The molecule has 1 unspecified atom stereocenters. The molecule has 1 aliphatic carbocycles. The molecule has 0 aliphatic heterocycles. The van der Waals surface area contributed by atoms with Crippen LogP contribution in [0.2, 0.25) is 0 Å². The lowest BCUT2D eigenvalue weighted by Crippen LogP contribution is -1.99. The van der Waals surface area contributed by atoms with Crippen molar-refractivity contribution in [2.75, 3.05) is 0 Å². The quantitative estimate of drug-likeness (QED) is 0.741. The zero-order chi connectivity index (χ0) is 14.2. The van der Waals surface area contributed by atoms with Gasteiger partial charge in [-0.15, -0.1) is 22.7 Å². The first-order valence-electron chi connectivity index (χ1n) is 7.50. The summed E-state index contributed by atoms with van der Waals surface area (Å²) in [5.74, 6) is 0.